The number of halogens is 1. The lowest BCUT2D eigenvalue weighted by molar-refractivity contribution is -0.0165. The van der Waals surface area contributed by atoms with Crippen molar-refractivity contribution in [3.63, 3.8) is 0 Å². The SMILES string of the molecule is COc1ccc(C2=NN3[C@@H](c4cccs4)Oc4ccc(Cl)cc4[C@@H]3C2)cc1OC. The van der Waals surface area contributed by atoms with Crippen LogP contribution in [0.15, 0.2) is 59.0 Å². The molecule has 29 heavy (non-hydrogen) atoms. The second kappa shape index (κ2) is 7.28. The molecular formula is C22H19ClN2O3S. The van der Waals surface area contributed by atoms with Crippen LogP contribution in [0.25, 0.3) is 0 Å². The minimum absolute atomic E-state index is 0.0626. The van der Waals surface area contributed by atoms with Crippen LogP contribution in [0.5, 0.6) is 17.2 Å². The van der Waals surface area contributed by atoms with Gasteiger partial charge in [0.2, 0.25) is 6.23 Å². The van der Waals surface area contributed by atoms with Crippen LogP contribution in [0.1, 0.15) is 34.7 Å². The average molecular weight is 427 g/mol. The summed E-state index contributed by atoms with van der Waals surface area (Å²) >= 11 is 7.96. The molecule has 0 saturated carbocycles. The standard InChI is InChI=1S/C22H19ClN2O3S/c1-26-19-7-5-13(10-20(19)27-2)16-12-17-15-11-14(23)6-8-18(15)28-22(25(17)24-16)21-4-3-9-29-21/h3-11,17,22H,12H2,1-2H3/t17-,22+/m0/s1. The molecule has 7 heteroatoms. The molecule has 148 valence electrons. The second-order valence-electron chi connectivity index (χ2n) is 6.88. The normalized spacial score (nSPS) is 19.8. The molecule has 5 nitrogen and oxygen atoms in total. The number of benzene rings is 2. The van der Waals surface area contributed by atoms with E-state index in [-0.39, 0.29) is 12.3 Å². The lowest BCUT2D eigenvalue weighted by Gasteiger charge is -2.37. The summed E-state index contributed by atoms with van der Waals surface area (Å²) in [6.45, 7) is 0. The Hall–Kier alpha value is -2.70. The van der Waals surface area contributed by atoms with Gasteiger partial charge < -0.3 is 14.2 Å². The first kappa shape index (κ1) is 18.3. The number of hydrogen-bond acceptors (Lipinski definition) is 6. The summed E-state index contributed by atoms with van der Waals surface area (Å²) in [5, 5.41) is 9.77. The van der Waals surface area contributed by atoms with Crippen molar-refractivity contribution in [3.05, 3.63) is 74.9 Å². The summed E-state index contributed by atoms with van der Waals surface area (Å²) in [7, 11) is 3.27. The van der Waals surface area contributed by atoms with Gasteiger partial charge in [0, 0.05) is 22.6 Å². The Bertz CT molecular complexity index is 1080. The number of thiophene rings is 1. The maximum atomic E-state index is 6.34. The highest BCUT2D eigenvalue weighted by atomic mass is 35.5. The Morgan fingerprint density at radius 1 is 1.10 bits per heavy atom. The van der Waals surface area contributed by atoms with Crippen LogP contribution in [0.4, 0.5) is 0 Å². The van der Waals surface area contributed by atoms with Gasteiger partial charge in [0.1, 0.15) is 5.75 Å². The molecule has 0 aliphatic carbocycles. The molecule has 3 aromatic rings. The Balaban J connectivity index is 1.58. The number of methoxy groups -OCH3 is 2. The summed E-state index contributed by atoms with van der Waals surface area (Å²) in [6.07, 6.45) is 0.500. The Morgan fingerprint density at radius 2 is 1.97 bits per heavy atom. The zero-order chi connectivity index (χ0) is 20.0. The topological polar surface area (TPSA) is 43.3 Å². The molecule has 0 spiro atoms. The molecule has 0 saturated heterocycles. The maximum absolute atomic E-state index is 6.34. The minimum Gasteiger partial charge on any atom is -0.493 e. The van der Waals surface area contributed by atoms with Crippen molar-refractivity contribution in [1.29, 1.82) is 0 Å². The van der Waals surface area contributed by atoms with Crippen molar-refractivity contribution in [2.24, 2.45) is 5.10 Å². The quantitative estimate of drug-likeness (QED) is 0.539. The van der Waals surface area contributed by atoms with Gasteiger partial charge in [-0.3, -0.25) is 0 Å². The summed E-state index contributed by atoms with van der Waals surface area (Å²) in [5.41, 5.74) is 3.05. The number of nitrogens with zero attached hydrogens (tertiary/aromatic N) is 2. The fourth-order valence-corrected chi connectivity index (χ4v) is 4.79. The third kappa shape index (κ3) is 3.12. The van der Waals surface area contributed by atoms with E-state index < -0.39 is 0 Å². The summed E-state index contributed by atoms with van der Waals surface area (Å²) < 4.78 is 17.2. The molecule has 5 rings (SSSR count). The van der Waals surface area contributed by atoms with Crippen molar-refractivity contribution in [1.82, 2.24) is 5.01 Å². The largest absolute Gasteiger partial charge is 0.493 e. The number of fused-ring (bicyclic) bond motifs is 3. The summed E-state index contributed by atoms with van der Waals surface area (Å²) in [5.74, 6) is 2.24. The molecule has 0 unspecified atom stereocenters. The van der Waals surface area contributed by atoms with Crippen molar-refractivity contribution in [2.75, 3.05) is 14.2 Å². The number of hydrogen-bond donors (Lipinski definition) is 0. The van der Waals surface area contributed by atoms with E-state index in [1.54, 1.807) is 25.6 Å². The molecule has 1 aromatic heterocycles. The molecular weight excluding hydrogens is 408 g/mol. The molecule has 0 fully saturated rings. The highest BCUT2D eigenvalue weighted by Crippen LogP contribution is 2.49. The highest BCUT2D eigenvalue weighted by molar-refractivity contribution is 7.10. The minimum atomic E-state index is -0.258. The Morgan fingerprint density at radius 3 is 2.72 bits per heavy atom. The van der Waals surface area contributed by atoms with Gasteiger partial charge in [-0.1, -0.05) is 17.7 Å². The average Bonchev–Trinajstić information content (AvgIpc) is 3.43. The first-order valence-corrected chi connectivity index (χ1v) is 10.5. The summed E-state index contributed by atoms with van der Waals surface area (Å²) in [4.78, 5) is 1.12. The van der Waals surface area contributed by atoms with E-state index in [1.165, 1.54) is 0 Å². The van der Waals surface area contributed by atoms with Gasteiger partial charge in [-0.25, -0.2) is 5.01 Å². The smallest absolute Gasteiger partial charge is 0.222 e. The Labute approximate surface area is 178 Å². The molecule has 0 N–H and O–H groups in total. The fourth-order valence-electron chi connectivity index (χ4n) is 3.87. The van der Waals surface area contributed by atoms with Gasteiger partial charge in [0.05, 0.1) is 30.9 Å². The third-order valence-electron chi connectivity index (χ3n) is 5.26. The second-order valence-corrected chi connectivity index (χ2v) is 8.30. The van der Waals surface area contributed by atoms with E-state index >= 15 is 0 Å². The molecule has 2 aliphatic heterocycles. The van der Waals surface area contributed by atoms with Crippen LogP contribution in [-0.4, -0.2) is 24.9 Å². The van der Waals surface area contributed by atoms with E-state index in [4.69, 9.17) is 30.9 Å². The lowest BCUT2D eigenvalue weighted by atomic mass is 9.96. The molecule has 2 aromatic carbocycles. The van der Waals surface area contributed by atoms with Crippen LogP contribution >= 0.6 is 22.9 Å². The van der Waals surface area contributed by atoms with E-state index in [0.717, 1.165) is 33.9 Å². The van der Waals surface area contributed by atoms with Crippen LogP contribution < -0.4 is 14.2 Å². The lowest BCUT2D eigenvalue weighted by Crippen LogP contribution is -2.33. The molecule has 2 aliphatic rings. The molecule has 2 atom stereocenters. The van der Waals surface area contributed by atoms with Crippen molar-refractivity contribution in [3.8, 4) is 17.2 Å². The zero-order valence-corrected chi connectivity index (χ0v) is 17.5. The zero-order valence-electron chi connectivity index (χ0n) is 16.0. The Kier molecular flexibility index (Phi) is 4.60. The first-order valence-electron chi connectivity index (χ1n) is 9.25. The van der Waals surface area contributed by atoms with E-state index in [2.05, 4.69) is 16.5 Å². The number of hydrazone groups is 1. The van der Waals surface area contributed by atoms with Gasteiger partial charge in [0.25, 0.3) is 0 Å². The van der Waals surface area contributed by atoms with Crippen molar-refractivity contribution < 1.29 is 14.2 Å². The third-order valence-corrected chi connectivity index (χ3v) is 6.39. The monoisotopic (exact) mass is 426 g/mol. The van der Waals surface area contributed by atoms with Crippen LogP contribution in [0.3, 0.4) is 0 Å². The molecule has 0 radical (unpaired) electrons. The summed E-state index contributed by atoms with van der Waals surface area (Å²) in [6, 6.07) is 15.9. The van der Waals surface area contributed by atoms with Crippen LogP contribution in [0.2, 0.25) is 5.02 Å². The highest BCUT2D eigenvalue weighted by Gasteiger charge is 2.41. The van der Waals surface area contributed by atoms with Crippen LogP contribution in [0, 0.1) is 0 Å². The van der Waals surface area contributed by atoms with Crippen LogP contribution in [-0.2, 0) is 0 Å². The molecule has 3 heterocycles. The van der Waals surface area contributed by atoms with E-state index in [0.29, 0.717) is 16.5 Å². The predicted octanol–water partition coefficient (Wildman–Crippen LogP) is 5.66. The predicted molar refractivity (Wildman–Crippen MR) is 114 cm³/mol. The van der Waals surface area contributed by atoms with Gasteiger partial charge in [-0.2, -0.15) is 5.10 Å². The van der Waals surface area contributed by atoms with Gasteiger partial charge in [-0.05, 0) is 47.8 Å². The van der Waals surface area contributed by atoms with E-state index in [9.17, 15) is 0 Å². The maximum Gasteiger partial charge on any atom is 0.222 e. The first-order chi connectivity index (χ1) is 14.2. The van der Waals surface area contributed by atoms with Gasteiger partial charge >= 0.3 is 0 Å². The van der Waals surface area contributed by atoms with Crippen molar-refractivity contribution >= 4 is 28.6 Å². The van der Waals surface area contributed by atoms with Crippen molar-refractivity contribution in [2.45, 2.75) is 18.7 Å². The molecule has 0 amide bonds. The number of rotatable bonds is 4. The van der Waals surface area contributed by atoms with Gasteiger partial charge in [-0.15, -0.1) is 11.3 Å². The fraction of sp³-hybridized carbons (Fsp3) is 0.227. The number of ether oxygens (including phenoxy) is 3. The van der Waals surface area contributed by atoms with Gasteiger partial charge in [0.15, 0.2) is 11.5 Å². The van der Waals surface area contributed by atoms with E-state index in [1.807, 2.05) is 42.5 Å². The molecule has 0 bridgehead atoms.